The predicted octanol–water partition coefficient (Wildman–Crippen LogP) is 0.575. The van der Waals surface area contributed by atoms with Crippen LogP contribution in [0, 0.1) is 10.1 Å². The molecule has 9 heteroatoms. The van der Waals surface area contributed by atoms with Crippen molar-refractivity contribution in [3.8, 4) is 0 Å². The Balaban J connectivity index is 2.57. The van der Waals surface area contributed by atoms with Crippen LogP contribution in [0.5, 0.6) is 0 Å². The minimum Gasteiger partial charge on any atom is -0.399 e. The van der Waals surface area contributed by atoms with E-state index in [0.717, 1.165) is 6.07 Å². The van der Waals surface area contributed by atoms with Gasteiger partial charge in [-0.15, -0.1) is 0 Å². The second-order valence-corrected chi connectivity index (χ2v) is 6.21. The number of rotatable bonds is 3. The third kappa shape index (κ3) is 2.53. The minimum atomic E-state index is -0.914. The summed E-state index contributed by atoms with van der Waals surface area (Å²) < 4.78 is 11.6. The van der Waals surface area contributed by atoms with Crippen LogP contribution < -0.4 is 16.9 Å². The third-order valence-corrected chi connectivity index (χ3v) is 4.18. The summed E-state index contributed by atoms with van der Waals surface area (Å²) in [5, 5.41) is 11.1. The van der Waals surface area contributed by atoms with E-state index in [1.54, 1.807) is 0 Å². The van der Waals surface area contributed by atoms with Crippen molar-refractivity contribution in [2.45, 2.75) is 38.9 Å². The fraction of sp³-hybridized carbons (Fsp3) is 0.462. The van der Waals surface area contributed by atoms with Crippen LogP contribution in [0.15, 0.2) is 12.1 Å². The number of benzene rings is 1. The van der Waals surface area contributed by atoms with Crippen molar-refractivity contribution in [3.05, 3.63) is 27.8 Å². The number of carbonyl (C=O) groups excluding carboxylic acids is 1. The smallest absolute Gasteiger partial charge is 0.399 e. The molecule has 0 atom stereocenters. The highest BCUT2D eigenvalue weighted by molar-refractivity contribution is 6.64. The molecular weight excluding hydrogens is 289 g/mol. The molecule has 1 amide bonds. The van der Waals surface area contributed by atoms with E-state index >= 15 is 0 Å². The lowest BCUT2D eigenvalue weighted by Gasteiger charge is -2.32. The highest BCUT2D eigenvalue weighted by Crippen LogP contribution is 2.37. The summed E-state index contributed by atoms with van der Waals surface area (Å²) in [5.74, 6) is -0.791. The molecule has 1 heterocycles. The molecule has 0 unspecified atom stereocenters. The number of amides is 1. The first-order valence-electron chi connectivity index (χ1n) is 6.69. The molecule has 22 heavy (non-hydrogen) atoms. The second kappa shape index (κ2) is 4.96. The molecule has 1 saturated heterocycles. The molecule has 0 bridgehead atoms. The fourth-order valence-corrected chi connectivity index (χ4v) is 2.12. The van der Waals surface area contributed by atoms with E-state index in [0.29, 0.717) is 0 Å². The highest BCUT2D eigenvalue weighted by atomic mass is 16.7. The SMILES string of the molecule is CC1(C)OB(c2cc(C(N)=O)cc([N+](=O)[O-])c2N)OC1(C)C. The third-order valence-electron chi connectivity index (χ3n) is 4.18. The van der Waals surface area contributed by atoms with Gasteiger partial charge in [-0.25, -0.2) is 0 Å². The molecule has 8 nitrogen and oxygen atoms in total. The van der Waals surface area contributed by atoms with E-state index in [1.807, 2.05) is 27.7 Å². The van der Waals surface area contributed by atoms with E-state index in [4.69, 9.17) is 20.8 Å². The summed E-state index contributed by atoms with van der Waals surface area (Å²) in [7, 11) is -0.914. The Morgan fingerprint density at radius 2 is 1.73 bits per heavy atom. The van der Waals surface area contributed by atoms with Crippen molar-refractivity contribution < 1.29 is 19.0 Å². The molecule has 1 aliphatic heterocycles. The summed E-state index contributed by atoms with van der Waals surface area (Å²) in [5.41, 5.74) is 9.50. The number of hydrogen-bond donors (Lipinski definition) is 2. The molecule has 1 aromatic rings. The summed E-state index contributed by atoms with van der Waals surface area (Å²) in [6, 6.07) is 2.42. The van der Waals surface area contributed by atoms with Crippen LogP contribution >= 0.6 is 0 Å². The lowest BCUT2D eigenvalue weighted by atomic mass is 9.76. The highest BCUT2D eigenvalue weighted by Gasteiger charge is 2.52. The van der Waals surface area contributed by atoms with E-state index in [2.05, 4.69) is 0 Å². The van der Waals surface area contributed by atoms with Gasteiger partial charge in [-0.05, 0) is 33.8 Å². The monoisotopic (exact) mass is 307 g/mol. The van der Waals surface area contributed by atoms with Gasteiger partial charge in [-0.3, -0.25) is 14.9 Å². The molecule has 0 radical (unpaired) electrons. The topological polar surface area (TPSA) is 131 Å². The molecule has 0 aromatic heterocycles. The molecule has 1 fully saturated rings. The van der Waals surface area contributed by atoms with E-state index < -0.39 is 34.8 Å². The first-order valence-corrected chi connectivity index (χ1v) is 6.69. The summed E-state index contributed by atoms with van der Waals surface area (Å²) in [6.07, 6.45) is 0. The van der Waals surface area contributed by atoms with Gasteiger partial charge in [0, 0.05) is 17.1 Å². The van der Waals surface area contributed by atoms with E-state index in [9.17, 15) is 14.9 Å². The number of nitrogens with two attached hydrogens (primary N) is 2. The molecule has 4 N–H and O–H groups in total. The Bertz CT molecular complexity index is 643. The number of nitro benzene ring substituents is 1. The Kier molecular flexibility index (Phi) is 3.66. The van der Waals surface area contributed by atoms with Gasteiger partial charge < -0.3 is 20.8 Å². The number of nitrogens with zero attached hydrogens (tertiary/aromatic N) is 1. The summed E-state index contributed by atoms with van der Waals surface area (Å²) in [6.45, 7) is 7.37. The largest absolute Gasteiger partial charge is 0.497 e. The van der Waals surface area contributed by atoms with Gasteiger partial charge in [-0.2, -0.15) is 0 Å². The molecule has 2 rings (SSSR count). The maximum absolute atomic E-state index is 11.4. The molecule has 118 valence electrons. The van der Waals surface area contributed by atoms with Crippen LogP contribution in [-0.2, 0) is 9.31 Å². The van der Waals surface area contributed by atoms with Crippen molar-refractivity contribution in [1.29, 1.82) is 0 Å². The Morgan fingerprint density at radius 3 is 2.14 bits per heavy atom. The van der Waals surface area contributed by atoms with Gasteiger partial charge in [0.05, 0.1) is 16.1 Å². The average Bonchev–Trinajstić information content (AvgIpc) is 2.57. The van der Waals surface area contributed by atoms with Gasteiger partial charge in [0.2, 0.25) is 5.91 Å². The maximum Gasteiger partial charge on any atom is 0.497 e. The van der Waals surface area contributed by atoms with Crippen molar-refractivity contribution >= 4 is 29.9 Å². The molecule has 0 saturated carbocycles. The van der Waals surface area contributed by atoms with Crippen LogP contribution in [-0.4, -0.2) is 29.2 Å². The molecular formula is C13H18BN3O5. The van der Waals surface area contributed by atoms with E-state index in [-0.39, 0.29) is 16.7 Å². The standard InChI is InChI=1S/C13H18BN3O5/c1-12(2)13(3,4)22-14(21-12)8-5-7(11(16)18)6-9(10(8)15)17(19)20/h5-6H,15H2,1-4H3,(H2,16,18). The van der Waals surface area contributed by atoms with Crippen LogP contribution in [0.25, 0.3) is 0 Å². The summed E-state index contributed by atoms with van der Waals surface area (Å²) >= 11 is 0. The lowest BCUT2D eigenvalue weighted by molar-refractivity contribution is -0.383. The summed E-state index contributed by atoms with van der Waals surface area (Å²) in [4.78, 5) is 21.8. The number of anilines is 1. The number of nitro groups is 1. The van der Waals surface area contributed by atoms with Crippen LogP contribution in [0.4, 0.5) is 11.4 Å². The number of carbonyl (C=O) groups is 1. The van der Waals surface area contributed by atoms with Crippen molar-refractivity contribution in [1.82, 2.24) is 0 Å². The molecule has 0 aliphatic carbocycles. The first kappa shape index (κ1) is 16.2. The van der Waals surface area contributed by atoms with Crippen molar-refractivity contribution in [2.24, 2.45) is 5.73 Å². The molecule has 0 spiro atoms. The molecule has 1 aliphatic rings. The maximum atomic E-state index is 11.4. The quantitative estimate of drug-likeness (QED) is 0.363. The second-order valence-electron chi connectivity index (χ2n) is 6.21. The van der Waals surface area contributed by atoms with Crippen LogP contribution in [0.1, 0.15) is 38.1 Å². The zero-order valence-electron chi connectivity index (χ0n) is 12.9. The van der Waals surface area contributed by atoms with Gasteiger partial charge in [0.1, 0.15) is 5.69 Å². The number of hydrogen-bond acceptors (Lipinski definition) is 6. The van der Waals surface area contributed by atoms with Gasteiger partial charge in [-0.1, -0.05) is 0 Å². The Labute approximate surface area is 128 Å². The van der Waals surface area contributed by atoms with Crippen molar-refractivity contribution in [2.75, 3.05) is 5.73 Å². The van der Waals surface area contributed by atoms with Crippen molar-refractivity contribution in [3.63, 3.8) is 0 Å². The van der Waals surface area contributed by atoms with Gasteiger partial charge in [0.25, 0.3) is 5.69 Å². The minimum absolute atomic E-state index is 0.0226. The average molecular weight is 307 g/mol. The Morgan fingerprint density at radius 1 is 1.23 bits per heavy atom. The predicted molar refractivity (Wildman–Crippen MR) is 81.7 cm³/mol. The number of primary amides is 1. The zero-order valence-corrected chi connectivity index (χ0v) is 12.9. The van der Waals surface area contributed by atoms with Gasteiger partial charge in [0.15, 0.2) is 0 Å². The molecule has 1 aromatic carbocycles. The first-order chi connectivity index (χ1) is 9.96. The lowest BCUT2D eigenvalue weighted by Crippen LogP contribution is -2.41. The van der Waals surface area contributed by atoms with E-state index in [1.165, 1.54) is 6.07 Å². The fourth-order valence-electron chi connectivity index (χ4n) is 2.12. The zero-order chi connectivity index (χ0) is 16.9. The number of nitrogen functional groups attached to an aromatic ring is 1. The van der Waals surface area contributed by atoms with Crippen LogP contribution in [0.2, 0.25) is 0 Å². The van der Waals surface area contributed by atoms with Crippen LogP contribution in [0.3, 0.4) is 0 Å². The Hall–Kier alpha value is -2.13. The van der Waals surface area contributed by atoms with Gasteiger partial charge >= 0.3 is 7.12 Å². The normalized spacial score (nSPS) is 19.2.